The highest BCUT2D eigenvalue weighted by Gasteiger charge is 2.53. The number of nitrogens with two attached hydrogens (primary N) is 1. The molecule has 2 N–H and O–H groups in total. The quantitative estimate of drug-likeness (QED) is 0.900. The van der Waals surface area contributed by atoms with Crippen LogP contribution in [0.3, 0.4) is 0 Å². The van der Waals surface area contributed by atoms with Gasteiger partial charge in [0.15, 0.2) is 17.3 Å². The highest BCUT2D eigenvalue weighted by Crippen LogP contribution is 2.56. The normalized spacial score (nSPS) is 30.9. The van der Waals surface area contributed by atoms with Crippen molar-refractivity contribution in [3.05, 3.63) is 35.4 Å². The van der Waals surface area contributed by atoms with Gasteiger partial charge in [-0.15, -0.1) is 0 Å². The third-order valence-corrected chi connectivity index (χ3v) is 5.46. The van der Waals surface area contributed by atoms with Crippen LogP contribution in [0.15, 0.2) is 24.3 Å². The molecule has 0 saturated carbocycles. The molecule has 5 nitrogen and oxygen atoms in total. The molecule has 1 spiro atoms. The van der Waals surface area contributed by atoms with Gasteiger partial charge < -0.3 is 15.2 Å². The van der Waals surface area contributed by atoms with Crippen LogP contribution >= 0.6 is 0 Å². The van der Waals surface area contributed by atoms with Crippen molar-refractivity contribution < 1.29 is 19.1 Å². The van der Waals surface area contributed by atoms with Crippen molar-refractivity contribution in [3.63, 3.8) is 0 Å². The second kappa shape index (κ2) is 4.85. The van der Waals surface area contributed by atoms with E-state index < -0.39 is 0 Å². The summed E-state index contributed by atoms with van der Waals surface area (Å²) in [5.41, 5.74) is 7.37. The Morgan fingerprint density at radius 2 is 2.22 bits per heavy atom. The highest BCUT2D eigenvalue weighted by molar-refractivity contribution is 5.92. The average Bonchev–Trinajstić information content (AvgIpc) is 2.75. The number of hydrogen-bond donors (Lipinski definition) is 1. The van der Waals surface area contributed by atoms with Gasteiger partial charge in [0.1, 0.15) is 6.10 Å². The Morgan fingerprint density at radius 1 is 1.39 bits per heavy atom. The Bertz CT molecular complexity index is 739. The lowest BCUT2D eigenvalue weighted by molar-refractivity contribution is -0.122. The maximum atomic E-state index is 11.9. The number of methoxy groups -OCH3 is 1. The maximum Gasteiger partial charge on any atom is 0.220 e. The van der Waals surface area contributed by atoms with Gasteiger partial charge in [-0.05, 0) is 37.0 Å². The van der Waals surface area contributed by atoms with Crippen molar-refractivity contribution in [3.8, 4) is 11.5 Å². The van der Waals surface area contributed by atoms with E-state index in [0.29, 0.717) is 25.0 Å². The van der Waals surface area contributed by atoms with E-state index in [2.05, 4.69) is 0 Å². The molecule has 1 aliphatic heterocycles. The minimum Gasteiger partial charge on any atom is -0.493 e. The first-order valence-electron chi connectivity index (χ1n) is 7.93. The largest absolute Gasteiger partial charge is 0.493 e. The average molecular weight is 313 g/mol. The lowest BCUT2D eigenvalue weighted by Gasteiger charge is -2.33. The molecule has 0 fully saturated rings. The number of ether oxygens (including phenoxy) is 2. The van der Waals surface area contributed by atoms with Crippen LogP contribution < -0.4 is 15.2 Å². The third kappa shape index (κ3) is 1.92. The van der Waals surface area contributed by atoms with E-state index >= 15 is 0 Å². The Labute approximate surface area is 134 Å². The molecule has 3 aliphatic rings. The molecule has 3 atom stereocenters. The van der Waals surface area contributed by atoms with E-state index in [4.69, 9.17) is 15.2 Å². The van der Waals surface area contributed by atoms with Crippen LogP contribution in [0, 0.1) is 5.92 Å². The molecule has 0 bridgehead atoms. The number of ketones is 1. The number of rotatable bonds is 2. The summed E-state index contributed by atoms with van der Waals surface area (Å²) in [6, 6.07) is 3.87. The van der Waals surface area contributed by atoms with Crippen LogP contribution in [-0.2, 0) is 21.4 Å². The fourth-order valence-electron chi connectivity index (χ4n) is 4.27. The topological polar surface area (TPSA) is 78.6 Å². The Balaban J connectivity index is 1.93. The van der Waals surface area contributed by atoms with Crippen molar-refractivity contribution >= 4 is 11.7 Å². The lowest BCUT2D eigenvalue weighted by atomic mass is 9.69. The molecule has 1 amide bonds. The van der Waals surface area contributed by atoms with Gasteiger partial charge in [-0.1, -0.05) is 12.1 Å². The number of carbonyl (C=O) groups excluding carboxylic acids is 2. The van der Waals surface area contributed by atoms with Gasteiger partial charge in [0.05, 0.1) is 12.5 Å². The summed E-state index contributed by atoms with van der Waals surface area (Å²) in [5, 5.41) is 0. The molecule has 4 rings (SSSR count). The molecule has 23 heavy (non-hydrogen) atoms. The Hall–Kier alpha value is -2.30. The maximum absolute atomic E-state index is 11.9. The van der Waals surface area contributed by atoms with Gasteiger partial charge in [-0.25, -0.2) is 0 Å². The van der Waals surface area contributed by atoms with Crippen molar-refractivity contribution in [2.75, 3.05) is 7.11 Å². The first-order chi connectivity index (χ1) is 11.0. The van der Waals surface area contributed by atoms with E-state index in [1.165, 1.54) is 0 Å². The molecule has 0 saturated heterocycles. The van der Waals surface area contributed by atoms with Gasteiger partial charge in [0.2, 0.25) is 5.91 Å². The molecular formula is C18H19NO4. The SMILES string of the molecule is COc1ccc2c3c1OC1CC(=O)C=CC31CCC(C(N)=O)C2. The minimum atomic E-state index is -0.350. The number of carbonyl (C=O) groups is 2. The highest BCUT2D eigenvalue weighted by atomic mass is 16.5. The molecule has 2 aliphatic carbocycles. The molecule has 5 heteroatoms. The minimum absolute atomic E-state index is 0.0737. The van der Waals surface area contributed by atoms with Crippen LogP contribution in [0.5, 0.6) is 11.5 Å². The summed E-state index contributed by atoms with van der Waals surface area (Å²) in [7, 11) is 1.61. The van der Waals surface area contributed by atoms with Crippen LogP contribution in [-0.4, -0.2) is 24.9 Å². The zero-order chi connectivity index (χ0) is 16.2. The van der Waals surface area contributed by atoms with Crippen molar-refractivity contribution in [2.45, 2.75) is 37.2 Å². The summed E-state index contributed by atoms with van der Waals surface area (Å²) >= 11 is 0. The van der Waals surface area contributed by atoms with E-state index in [0.717, 1.165) is 23.3 Å². The molecule has 1 heterocycles. The smallest absolute Gasteiger partial charge is 0.220 e. The van der Waals surface area contributed by atoms with Gasteiger partial charge in [-0.3, -0.25) is 9.59 Å². The monoisotopic (exact) mass is 313 g/mol. The van der Waals surface area contributed by atoms with Crippen molar-refractivity contribution in [1.29, 1.82) is 0 Å². The standard InChI is InChI=1S/C18H19NO4/c1-22-13-3-2-10-8-11(17(19)21)4-6-18-7-5-12(20)9-14(18)23-16(13)15(10)18/h2-3,5,7,11,14H,4,6,8-9H2,1H3,(H2,19,21). The molecule has 0 radical (unpaired) electrons. The second-order valence-corrected chi connectivity index (χ2v) is 6.62. The summed E-state index contributed by atoms with van der Waals surface area (Å²) in [5.74, 6) is 1.03. The number of hydrogen-bond acceptors (Lipinski definition) is 4. The van der Waals surface area contributed by atoms with Gasteiger partial charge in [0, 0.05) is 17.9 Å². The van der Waals surface area contributed by atoms with E-state index in [9.17, 15) is 9.59 Å². The molecular weight excluding hydrogens is 294 g/mol. The van der Waals surface area contributed by atoms with E-state index in [1.54, 1.807) is 13.2 Å². The predicted molar refractivity (Wildman–Crippen MR) is 83.5 cm³/mol. The second-order valence-electron chi connectivity index (χ2n) is 6.62. The van der Waals surface area contributed by atoms with Crippen molar-refractivity contribution in [2.24, 2.45) is 11.7 Å². The fourth-order valence-corrected chi connectivity index (χ4v) is 4.27. The summed E-state index contributed by atoms with van der Waals surface area (Å²) < 4.78 is 11.6. The zero-order valence-corrected chi connectivity index (χ0v) is 13.0. The molecule has 0 aromatic heterocycles. The zero-order valence-electron chi connectivity index (χ0n) is 13.0. The van der Waals surface area contributed by atoms with Crippen LogP contribution in [0.4, 0.5) is 0 Å². The Morgan fingerprint density at radius 3 is 2.96 bits per heavy atom. The first kappa shape index (κ1) is 14.3. The number of benzene rings is 1. The van der Waals surface area contributed by atoms with Crippen molar-refractivity contribution in [1.82, 2.24) is 0 Å². The predicted octanol–water partition coefficient (Wildman–Crippen LogP) is 1.66. The third-order valence-electron chi connectivity index (χ3n) is 5.46. The number of amides is 1. The lowest BCUT2D eigenvalue weighted by Crippen LogP contribution is -2.40. The first-order valence-corrected chi connectivity index (χ1v) is 7.93. The summed E-state index contributed by atoms with van der Waals surface area (Å²) in [6.45, 7) is 0. The fraction of sp³-hybridized carbons (Fsp3) is 0.444. The van der Waals surface area contributed by atoms with Gasteiger partial charge in [0.25, 0.3) is 0 Å². The number of allylic oxidation sites excluding steroid dienone is 1. The summed E-state index contributed by atoms with van der Waals surface area (Å²) in [4.78, 5) is 23.6. The van der Waals surface area contributed by atoms with Crippen LogP contribution in [0.1, 0.15) is 30.4 Å². The van der Waals surface area contributed by atoms with E-state index in [1.807, 2.05) is 18.2 Å². The van der Waals surface area contributed by atoms with Crippen LogP contribution in [0.25, 0.3) is 0 Å². The number of primary amides is 1. The van der Waals surface area contributed by atoms with Gasteiger partial charge >= 0.3 is 0 Å². The molecule has 1 aromatic carbocycles. The molecule has 120 valence electrons. The van der Waals surface area contributed by atoms with Gasteiger partial charge in [-0.2, -0.15) is 0 Å². The molecule has 3 unspecified atom stereocenters. The van der Waals surface area contributed by atoms with E-state index in [-0.39, 0.29) is 29.1 Å². The summed E-state index contributed by atoms with van der Waals surface area (Å²) in [6.07, 6.45) is 5.82. The Kier molecular flexibility index (Phi) is 3.01. The van der Waals surface area contributed by atoms with Crippen LogP contribution in [0.2, 0.25) is 0 Å². The molecule has 1 aromatic rings.